The summed E-state index contributed by atoms with van der Waals surface area (Å²) in [4.78, 5) is 19.7. The number of benzene rings is 2. The second-order valence-electron chi connectivity index (χ2n) is 6.68. The summed E-state index contributed by atoms with van der Waals surface area (Å²) in [6.07, 6.45) is -0.327. The van der Waals surface area contributed by atoms with Gasteiger partial charge in [-0.2, -0.15) is 12.7 Å². The average Bonchev–Trinajstić information content (AvgIpc) is 2.73. The highest BCUT2D eigenvalue weighted by Crippen LogP contribution is 2.26. The zero-order chi connectivity index (χ0) is 22.8. The van der Waals surface area contributed by atoms with Crippen LogP contribution in [0.2, 0.25) is 0 Å². The van der Waals surface area contributed by atoms with Crippen molar-refractivity contribution in [3.05, 3.63) is 68.8 Å². The van der Waals surface area contributed by atoms with Crippen LogP contribution < -0.4 is 0 Å². The zero-order valence-electron chi connectivity index (χ0n) is 15.9. The first-order chi connectivity index (χ1) is 14.5. The monoisotopic (exact) mass is 471 g/mol. The number of non-ortho nitro benzene ring substituents is 2. The molecule has 3 rings (SSSR count). The lowest BCUT2D eigenvalue weighted by Crippen LogP contribution is -2.43. The number of nitro groups is 2. The summed E-state index contributed by atoms with van der Waals surface area (Å²) < 4.78 is 56.9. The van der Waals surface area contributed by atoms with Crippen LogP contribution in [0.3, 0.4) is 0 Å². The van der Waals surface area contributed by atoms with E-state index in [1.165, 1.54) is 0 Å². The second-order valence-corrected chi connectivity index (χ2v) is 10.2. The SMILES string of the molecule is O=[N+]([O-])c1ccc(S(=O)(=O)O[C@@H]2CCCN(S(=O)(=O)c3ccc([N+](=O)[O-])cc3)C2)cc1. The molecule has 0 N–H and O–H groups in total. The smallest absolute Gasteiger partial charge is 0.262 e. The van der Waals surface area contributed by atoms with Gasteiger partial charge in [0.15, 0.2) is 0 Å². The molecule has 2 aromatic carbocycles. The highest BCUT2D eigenvalue weighted by molar-refractivity contribution is 7.89. The van der Waals surface area contributed by atoms with Crippen molar-refractivity contribution < 1.29 is 30.9 Å². The minimum atomic E-state index is -4.27. The summed E-state index contributed by atoms with van der Waals surface area (Å²) in [5, 5.41) is 21.5. The van der Waals surface area contributed by atoms with E-state index in [2.05, 4.69) is 0 Å². The Morgan fingerprint density at radius 3 is 1.81 bits per heavy atom. The molecule has 0 aliphatic carbocycles. The van der Waals surface area contributed by atoms with Crippen LogP contribution in [0.15, 0.2) is 58.3 Å². The fourth-order valence-electron chi connectivity index (χ4n) is 3.06. The van der Waals surface area contributed by atoms with Crippen molar-refractivity contribution in [3.63, 3.8) is 0 Å². The number of hydrogen-bond acceptors (Lipinski definition) is 9. The van der Waals surface area contributed by atoms with E-state index >= 15 is 0 Å². The molecular formula is C17H17N3O9S2. The Hall–Kier alpha value is -2.94. The van der Waals surface area contributed by atoms with E-state index in [4.69, 9.17) is 4.18 Å². The van der Waals surface area contributed by atoms with Gasteiger partial charge in [-0.25, -0.2) is 8.42 Å². The lowest BCUT2D eigenvalue weighted by atomic mass is 10.1. The van der Waals surface area contributed by atoms with Gasteiger partial charge in [0.25, 0.3) is 21.5 Å². The van der Waals surface area contributed by atoms with Gasteiger partial charge >= 0.3 is 0 Å². The Kier molecular flexibility index (Phi) is 6.35. The molecule has 0 spiro atoms. The molecule has 1 saturated heterocycles. The zero-order valence-corrected chi connectivity index (χ0v) is 17.5. The van der Waals surface area contributed by atoms with Crippen molar-refractivity contribution in [2.45, 2.75) is 28.7 Å². The molecule has 0 bridgehead atoms. The van der Waals surface area contributed by atoms with E-state index in [1.807, 2.05) is 0 Å². The summed E-state index contributed by atoms with van der Waals surface area (Å²) in [7, 11) is -8.28. The molecule has 0 aromatic heterocycles. The fraction of sp³-hybridized carbons (Fsp3) is 0.294. The van der Waals surface area contributed by atoms with Crippen LogP contribution in [0.4, 0.5) is 11.4 Å². The van der Waals surface area contributed by atoms with Crippen molar-refractivity contribution in [2.75, 3.05) is 13.1 Å². The van der Waals surface area contributed by atoms with E-state index in [-0.39, 0.29) is 34.3 Å². The standard InChI is InChI=1S/C17H17N3O9S2/c21-19(22)13-3-7-16(8-4-13)30(25,26)18-11-1-2-15(12-18)29-31(27,28)17-9-5-14(6-10-17)20(23)24/h3-10,15H,1-2,11-12H2/t15-/m1/s1. The molecule has 0 unspecified atom stereocenters. The molecule has 1 atom stereocenters. The third-order valence-electron chi connectivity index (χ3n) is 4.63. The lowest BCUT2D eigenvalue weighted by molar-refractivity contribution is -0.385. The maximum atomic E-state index is 12.8. The van der Waals surface area contributed by atoms with Gasteiger partial charge in [-0.15, -0.1) is 0 Å². The summed E-state index contributed by atoms with van der Waals surface area (Å²) in [5.74, 6) is 0. The summed E-state index contributed by atoms with van der Waals surface area (Å²) in [6.45, 7) is -0.0949. The van der Waals surface area contributed by atoms with Crippen molar-refractivity contribution >= 4 is 31.5 Å². The van der Waals surface area contributed by atoms with Crippen LogP contribution in [0.25, 0.3) is 0 Å². The van der Waals surface area contributed by atoms with Gasteiger partial charge in [0, 0.05) is 37.4 Å². The molecular weight excluding hydrogens is 454 g/mol. The second kappa shape index (κ2) is 8.66. The Labute approximate surface area is 177 Å². The normalized spacial score (nSPS) is 17.9. The van der Waals surface area contributed by atoms with Crippen LogP contribution in [0, 0.1) is 20.2 Å². The Balaban J connectivity index is 1.75. The van der Waals surface area contributed by atoms with Crippen molar-refractivity contribution in [2.24, 2.45) is 0 Å². The first kappa shape index (κ1) is 22.7. The van der Waals surface area contributed by atoms with E-state index in [1.54, 1.807) is 0 Å². The molecule has 0 radical (unpaired) electrons. The minimum Gasteiger partial charge on any atom is -0.262 e. The number of sulfonamides is 1. The fourth-order valence-corrected chi connectivity index (χ4v) is 5.67. The van der Waals surface area contributed by atoms with Crippen molar-refractivity contribution in [3.8, 4) is 0 Å². The van der Waals surface area contributed by atoms with E-state index in [0.717, 1.165) is 52.8 Å². The largest absolute Gasteiger partial charge is 0.297 e. The molecule has 0 saturated carbocycles. The van der Waals surface area contributed by atoms with Crippen LogP contribution in [-0.4, -0.2) is 50.2 Å². The Bertz CT molecular complexity index is 1190. The van der Waals surface area contributed by atoms with Crippen LogP contribution >= 0.6 is 0 Å². The van der Waals surface area contributed by atoms with Gasteiger partial charge in [0.1, 0.15) is 0 Å². The molecule has 166 valence electrons. The highest BCUT2D eigenvalue weighted by Gasteiger charge is 2.33. The first-order valence-corrected chi connectivity index (χ1v) is 11.8. The Morgan fingerprint density at radius 1 is 0.839 bits per heavy atom. The summed E-state index contributed by atoms with van der Waals surface area (Å²) in [6, 6.07) is 8.53. The van der Waals surface area contributed by atoms with E-state index in [9.17, 15) is 37.1 Å². The third kappa shape index (κ3) is 5.04. The van der Waals surface area contributed by atoms with Crippen LogP contribution in [-0.2, 0) is 24.3 Å². The number of nitrogens with zero attached hydrogens (tertiary/aromatic N) is 3. The van der Waals surface area contributed by atoms with Crippen LogP contribution in [0.1, 0.15) is 12.8 Å². The van der Waals surface area contributed by atoms with Gasteiger partial charge < -0.3 is 0 Å². The highest BCUT2D eigenvalue weighted by atomic mass is 32.2. The predicted molar refractivity (Wildman–Crippen MR) is 106 cm³/mol. The number of rotatable bonds is 7. The van der Waals surface area contributed by atoms with Gasteiger partial charge in [0.2, 0.25) is 10.0 Å². The van der Waals surface area contributed by atoms with Gasteiger partial charge in [-0.05, 0) is 37.1 Å². The molecule has 1 aliphatic heterocycles. The topological polar surface area (TPSA) is 167 Å². The van der Waals surface area contributed by atoms with Gasteiger partial charge in [-0.3, -0.25) is 24.4 Å². The predicted octanol–water partition coefficient (Wildman–Crippen LogP) is 2.06. The molecule has 1 fully saturated rings. The molecule has 0 amide bonds. The molecule has 14 heteroatoms. The van der Waals surface area contributed by atoms with E-state index in [0.29, 0.717) is 12.8 Å². The minimum absolute atomic E-state index is 0.136. The number of piperidine rings is 1. The number of hydrogen-bond donors (Lipinski definition) is 0. The van der Waals surface area contributed by atoms with Crippen molar-refractivity contribution in [1.82, 2.24) is 4.31 Å². The Morgan fingerprint density at radius 2 is 1.32 bits per heavy atom. The summed E-state index contributed by atoms with van der Waals surface area (Å²) in [5.41, 5.74) is -0.537. The maximum Gasteiger partial charge on any atom is 0.297 e. The third-order valence-corrected chi connectivity index (χ3v) is 7.88. The van der Waals surface area contributed by atoms with Crippen molar-refractivity contribution in [1.29, 1.82) is 0 Å². The molecule has 2 aromatic rings. The molecule has 12 nitrogen and oxygen atoms in total. The molecule has 1 heterocycles. The maximum absolute atomic E-state index is 12.8. The average molecular weight is 471 g/mol. The molecule has 31 heavy (non-hydrogen) atoms. The number of nitro benzene ring substituents is 2. The van der Waals surface area contributed by atoms with Gasteiger partial charge in [0.05, 0.1) is 25.7 Å². The first-order valence-electron chi connectivity index (χ1n) is 8.93. The van der Waals surface area contributed by atoms with Gasteiger partial charge in [-0.1, -0.05) is 0 Å². The molecule has 1 aliphatic rings. The lowest BCUT2D eigenvalue weighted by Gasteiger charge is -2.31. The van der Waals surface area contributed by atoms with Crippen LogP contribution in [0.5, 0.6) is 0 Å². The van der Waals surface area contributed by atoms with E-state index < -0.39 is 36.1 Å². The summed E-state index contributed by atoms with van der Waals surface area (Å²) >= 11 is 0. The quantitative estimate of drug-likeness (QED) is 0.333.